The summed E-state index contributed by atoms with van der Waals surface area (Å²) in [6, 6.07) is 0. The smallest absolute Gasteiger partial charge is 0.0624 e. The average Bonchev–Trinajstić information content (AvgIpc) is 2.70. The molecule has 0 radical (unpaired) electrons. The lowest BCUT2D eigenvalue weighted by Gasteiger charge is -2.31. The Bertz CT molecular complexity index is 220. The summed E-state index contributed by atoms with van der Waals surface area (Å²) in [6.07, 6.45) is 1.99. The van der Waals surface area contributed by atoms with Gasteiger partial charge in [0.25, 0.3) is 0 Å². The van der Waals surface area contributed by atoms with Crippen molar-refractivity contribution in [1.82, 2.24) is 4.90 Å². The maximum atomic E-state index is 9.90. The van der Waals surface area contributed by atoms with Crippen LogP contribution in [0.2, 0.25) is 0 Å². The van der Waals surface area contributed by atoms with E-state index < -0.39 is 0 Å². The van der Waals surface area contributed by atoms with E-state index in [1.54, 1.807) is 0 Å². The summed E-state index contributed by atoms with van der Waals surface area (Å²) >= 11 is 0. The number of nitrogens with zero attached hydrogens (tertiary/aromatic N) is 1. The molecule has 2 saturated heterocycles. The Labute approximate surface area is 98.8 Å². The molecule has 0 aromatic carbocycles. The molecular formula is C13H25NO2. The largest absolute Gasteiger partial charge is 0.393 e. The van der Waals surface area contributed by atoms with Gasteiger partial charge in [-0.25, -0.2) is 0 Å². The maximum Gasteiger partial charge on any atom is 0.0624 e. The molecule has 0 spiro atoms. The van der Waals surface area contributed by atoms with Crippen molar-refractivity contribution in [1.29, 1.82) is 0 Å². The maximum absolute atomic E-state index is 9.90. The molecule has 3 atom stereocenters. The predicted molar refractivity (Wildman–Crippen MR) is 64.3 cm³/mol. The van der Waals surface area contributed by atoms with Crippen LogP contribution in [0.3, 0.4) is 0 Å². The minimum absolute atomic E-state index is 0.146. The van der Waals surface area contributed by atoms with E-state index in [0.717, 1.165) is 38.0 Å². The Kier molecular flexibility index (Phi) is 4.22. The van der Waals surface area contributed by atoms with Gasteiger partial charge in [0.05, 0.1) is 12.7 Å². The molecule has 0 saturated carbocycles. The van der Waals surface area contributed by atoms with Crippen molar-refractivity contribution in [3.8, 4) is 0 Å². The van der Waals surface area contributed by atoms with Crippen LogP contribution in [0.5, 0.6) is 0 Å². The highest BCUT2D eigenvalue weighted by Crippen LogP contribution is 2.25. The van der Waals surface area contributed by atoms with Gasteiger partial charge < -0.3 is 14.7 Å². The van der Waals surface area contributed by atoms with Crippen LogP contribution < -0.4 is 0 Å². The Hall–Kier alpha value is -0.120. The second-order valence-corrected chi connectivity index (χ2v) is 5.74. The van der Waals surface area contributed by atoms with Gasteiger partial charge in [-0.3, -0.25) is 0 Å². The Morgan fingerprint density at radius 3 is 2.81 bits per heavy atom. The van der Waals surface area contributed by atoms with Gasteiger partial charge in [0.2, 0.25) is 0 Å². The molecule has 2 rings (SSSR count). The van der Waals surface area contributed by atoms with Gasteiger partial charge in [0.15, 0.2) is 0 Å². The van der Waals surface area contributed by atoms with Gasteiger partial charge in [-0.15, -0.1) is 0 Å². The zero-order valence-electron chi connectivity index (χ0n) is 10.6. The number of likely N-dealkylation sites (tertiary alicyclic amines) is 1. The molecule has 0 aliphatic carbocycles. The van der Waals surface area contributed by atoms with Crippen LogP contribution in [0.25, 0.3) is 0 Å². The minimum atomic E-state index is -0.146. The standard InChI is InChI=1S/C13H25NO2/c1-10(2)11-3-5-14(7-11)8-12-9-16-6-4-13(12)15/h10-13,15H,3-9H2,1-2H3. The molecule has 2 heterocycles. The molecule has 94 valence electrons. The summed E-state index contributed by atoms with van der Waals surface area (Å²) < 4.78 is 5.45. The summed E-state index contributed by atoms with van der Waals surface area (Å²) in [7, 11) is 0. The Morgan fingerprint density at radius 1 is 1.38 bits per heavy atom. The average molecular weight is 227 g/mol. The van der Waals surface area contributed by atoms with Gasteiger partial charge in [-0.05, 0) is 31.2 Å². The summed E-state index contributed by atoms with van der Waals surface area (Å²) in [4.78, 5) is 2.51. The highest BCUT2D eigenvalue weighted by molar-refractivity contribution is 4.82. The van der Waals surface area contributed by atoms with Gasteiger partial charge in [-0.1, -0.05) is 13.8 Å². The second kappa shape index (κ2) is 5.48. The molecule has 2 aliphatic heterocycles. The lowest BCUT2D eigenvalue weighted by atomic mass is 9.95. The van der Waals surface area contributed by atoms with E-state index in [1.165, 1.54) is 19.5 Å². The van der Waals surface area contributed by atoms with E-state index in [4.69, 9.17) is 4.74 Å². The normalized spacial score (nSPS) is 37.1. The first-order chi connectivity index (χ1) is 7.66. The summed E-state index contributed by atoms with van der Waals surface area (Å²) in [5.74, 6) is 1.97. The SMILES string of the molecule is CC(C)C1CCN(CC2COCCC2O)C1. The molecule has 0 aromatic rings. The molecule has 3 unspecified atom stereocenters. The molecule has 2 fully saturated rings. The molecule has 2 aliphatic rings. The van der Waals surface area contributed by atoms with E-state index >= 15 is 0 Å². The Balaban J connectivity index is 1.77. The van der Waals surface area contributed by atoms with Crippen molar-refractivity contribution in [3.63, 3.8) is 0 Å². The van der Waals surface area contributed by atoms with Crippen molar-refractivity contribution in [2.24, 2.45) is 17.8 Å². The number of hydrogen-bond acceptors (Lipinski definition) is 3. The van der Waals surface area contributed by atoms with E-state index in [0.29, 0.717) is 5.92 Å². The second-order valence-electron chi connectivity index (χ2n) is 5.74. The molecule has 0 aromatic heterocycles. The Morgan fingerprint density at radius 2 is 2.19 bits per heavy atom. The quantitative estimate of drug-likeness (QED) is 0.790. The van der Waals surface area contributed by atoms with Crippen LogP contribution in [0.4, 0.5) is 0 Å². The van der Waals surface area contributed by atoms with Crippen molar-refractivity contribution in [3.05, 3.63) is 0 Å². The van der Waals surface area contributed by atoms with Crippen LogP contribution in [0, 0.1) is 17.8 Å². The van der Waals surface area contributed by atoms with E-state index in [-0.39, 0.29) is 6.10 Å². The fraction of sp³-hybridized carbons (Fsp3) is 1.00. The minimum Gasteiger partial charge on any atom is -0.393 e. The fourth-order valence-electron chi connectivity index (χ4n) is 2.86. The van der Waals surface area contributed by atoms with Crippen molar-refractivity contribution in [2.75, 3.05) is 32.8 Å². The zero-order valence-corrected chi connectivity index (χ0v) is 10.6. The van der Waals surface area contributed by atoms with Gasteiger partial charge >= 0.3 is 0 Å². The first-order valence-corrected chi connectivity index (χ1v) is 6.65. The van der Waals surface area contributed by atoms with E-state index in [9.17, 15) is 5.11 Å². The molecule has 0 bridgehead atoms. The van der Waals surface area contributed by atoms with Gasteiger partial charge in [-0.2, -0.15) is 0 Å². The predicted octanol–water partition coefficient (Wildman–Crippen LogP) is 1.36. The number of rotatable bonds is 3. The topological polar surface area (TPSA) is 32.7 Å². The van der Waals surface area contributed by atoms with E-state index in [1.807, 2.05) is 0 Å². The molecule has 1 N–H and O–H groups in total. The lowest BCUT2D eigenvalue weighted by molar-refractivity contribution is -0.0450. The zero-order chi connectivity index (χ0) is 11.5. The first kappa shape index (κ1) is 12.3. The van der Waals surface area contributed by atoms with Crippen molar-refractivity contribution >= 4 is 0 Å². The number of aliphatic hydroxyl groups excluding tert-OH is 1. The summed E-state index contributed by atoms with van der Waals surface area (Å²) in [6.45, 7) is 9.52. The number of aliphatic hydroxyl groups is 1. The van der Waals surface area contributed by atoms with Crippen molar-refractivity contribution < 1.29 is 9.84 Å². The molecule has 3 heteroatoms. The van der Waals surface area contributed by atoms with E-state index in [2.05, 4.69) is 18.7 Å². The van der Waals surface area contributed by atoms with Crippen molar-refractivity contribution in [2.45, 2.75) is 32.8 Å². The van der Waals surface area contributed by atoms with Crippen LogP contribution in [0.15, 0.2) is 0 Å². The third kappa shape index (κ3) is 2.96. The third-order valence-electron chi connectivity index (χ3n) is 4.18. The number of hydrogen-bond donors (Lipinski definition) is 1. The van der Waals surface area contributed by atoms with Gasteiger partial charge in [0.1, 0.15) is 0 Å². The molecule has 0 amide bonds. The van der Waals surface area contributed by atoms with Crippen LogP contribution in [-0.2, 0) is 4.74 Å². The third-order valence-corrected chi connectivity index (χ3v) is 4.18. The summed E-state index contributed by atoms with van der Waals surface area (Å²) in [5, 5.41) is 9.90. The first-order valence-electron chi connectivity index (χ1n) is 6.65. The van der Waals surface area contributed by atoms with Crippen LogP contribution in [0.1, 0.15) is 26.7 Å². The van der Waals surface area contributed by atoms with Crippen LogP contribution >= 0.6 is 0 Å². The number of ether oxygens (including phenoxy) is 1. The summed E-state index contributed by atoms with van der Waals surface area (Å²) in [5.41, 5.74) is 0. The highest BCUT2D eigenvalue weighted by Gasteiger charge is 2.30. The monoisotopic (exact) mass is 227 g/mol. The molecule has 3 nitrogen and oxygen atoms in total. The highest BCUT2D eigenvalue weighted by atomic mass is 16.5. The van der Waals surface area contributed by atoms with Gasteiger partial charge in [0, 0.05) is 25.6 Å². The molecule has 16 heavy (non-hydrogen) atoms. The van der Waals surface area contributed by atoms with Crippen LogP contribution in [-0.4, -0.2) is 49.0 Å². The fourth-order valence-corrected chi connectivity index (χ4v) is 2.86. The lowest BCUT2D eigenvalue weighted by Crippen LogP contribution is -2.40. The molecular weight excluding hydrogens is 202 g/mol.